The molecule has 0 spiro atoms. The summed E-state index contributed by atoms with van der Waals surface area (Å²) in [6.07, 6.45) is 2.02. The highest BCUT2D eigenvalue weighted by Crippen LogP contribution is 2.48. The van der Waals surface area contributed by atoms with E-state index in [-0.39, 0.29) is 32.1 Å². The van der Waals surface area contributed by atoms with Crippen molar-refractivity contribution in [1.29, 1.82) is 0 Å². The molecular formula is C26H25F3N2O5. The lowest BCUT2D eigenvalue weighted by Crippen LogP contribution is -2.37. The van der Waals surface area contributed by atoms with Gasteiger partial charge in [-0.1, -0.05) is 30.3 Å². The van der Waals surface area contributed by atoms with Crippen molar-refractivity contribution in [2.45, 2.75) is 50.8 Å². The summed E-state index contributed by atoms with van der Waals surface area (Å²) in [5, 5.41) is 13.0. The number of carbonyl (C=O) groups is 2. The first-order valence-corrected chi connectivity index (χ1v) is 11.6. The van der Waals surface area contributed by atoms with Crippen LogP contribution in [0.2, 0.25) is 0 Å². The summed E-state index contributed by atoms with van der Waals surface area (Å²) >= 11 is 0. The van der Waals surface area contributed by atoms with Crippen LogP contribution in [0.3, 0.4) is 0 Å². The molecule has 0 aromatic heterocycles. The number of aliphatic hydroxyl groups is 1. The predicted octanol–water partition coefficient (Wildman–Crippen LogP) is 5.08. The third-order valence-corrected chi connectivity index (χ3v) is 5.91. The van der Waals surface area contributed by atoms with Gasteiger partial charge < -0.3 is 19.9 Å². The Balaban J connectivity index is 1.60. The Labute approximate surface area is 205 Å². The van der Waals surface area contributed by atoms with E-state index in [4.69, 9.17) is 9.47 Å². The van der Waals surface area contributed by atoms with Gasteiger partial charge in [-0.25, -0.2) is 22.8 Å². The molecule has 2 aromatic carbocycles. The Hall–Kier alpha value is -3.82. The fourth-order valence-corrected chi connectivity index (χ4v) is 3.69. The van der Waals surface area contributed by atoms with E-state index in [0.717, 1.165) is 24.6 Å². The maximum absolute atomic E-state index is 15.2. The van der Waals surface area contributed by atoms with Crippen molar-refractivity contribution in [2.24, 2.45) is 4.99 Å². The Morgan fingerprint density at radius 2 is 1.83 bits per heavy atom. The van der Waals surface area contributed by atoms with E-state index < -0.39 is 57.5 Å². The highest BCUT2D eigenvalue weighted by Gasteiger charge is 2.51. The monoisotopic (exact) mass is 502 g/mol. The number of halogens is 3. The minimum atomic E-state index is -1.58. The number of aliphatic hydroxyl groups excluding tert-OH is 1. The second-order valence-corrected chi connectivity index (χ2v) is 8.67. The van der Waals surface area contributed by atoms with Gasteiger partial charge in [0.25, 0.3) is 0 Å². The molecular weight excluding hydrogens is 477 g/mol. The average molecular weight is 502 g/mol. The number of nitrogens with zero attached hydrogens (tertiary/aromatic N) is 1. The average Bonchev–Trinajstić information content (AvgIpc) is 3.79. The Bertz CT molecular complexity index is 1220. The topological polar surface area (TPSA) is 97.2 Å². The van der Waals surface area contributed by atoms with Crippen LogP contribution in [0.25, 0.3) is 5.76 Å². The zero-order chi connectivity index (χ0) is 25.9. The van der Waals surface area contributed by atoms with Crippen molar-refractivity contribution in [1.82, 2.24) is 5.32 Å². The van der Waals surface area contributed by atoms with Crippen LogP contribution < -0.4 is 5.32 Å². The highest BCUT2D eigenvalue weighted by molar-refractivity contribution is 6.15. The van der Waals surface area contributed by atoms with E-state index in [1.54, 1.807) is 30.3 Å². The highest BCUT2D eigenvalue weighted by atomic mass is 19.2. The first-order valence-electron chi connectivity index (χ1n) is 11.6. The normalized spacial score (nSPS) is 16.9. The number of hydrogen-bond acceptors (Lipinski definition) is 6. The molecule has 2 fully saturated rings. The van der Waals surface area contributed by atoms with Gasteiger partial charge in [-0.05, 0) is 44.2 Å². The smallest absolute Gasteiger partial charge is 0.408 e. The van der Waals surface area contributed by atoms with E-state index >= 15 is 13.2 Å². The molecule has 0 aliphatic heterocycles. The molecule has 36 heavy (non-hydrogen) atoms. The molecule has 1 amide bonds. The van der Waals surface area contributed by atoms with Crippen molar-refractivity contribution in [3.8, 4) is 0 Å². The molecule has 4 rings (SSSR count). The molecule has 0 bridgehead atoms. The SMILES string of the molecule is CCOC(=O)/C(C=NC1CC1)=C(/O)c1cc(F)c(C2(NC(=O)OCc3ccccc3)CC2)c(F)c1F. The number of rotatable bonds is 9. The van der Waals surface area contributed by atoms with Gasteiger partial charge in [0.05, 0.1) is 29.3 Å². The van der Waals surface area contributed by atoms with Gasteiger partial charge in [-0.15, -0.1) is 0 Å². The number of amides is 1. The maximum atomic E-state index is 15.2. The zero-order valence-electron chi connectivity index (χ0n) is 19.5. The van der Waals surface area contributed by atoms with Crippen molar-refractivity contribution in [3.05, 3.63) is 76.1 Å². The van der Waals surface area contributed by atoms with Gasteiger partial charge in [0, 0.05) is 6.21 Å². The van der Waals surface area contributed by atoms with Crippen LogP contribution in [0.4, 0.5) is 18.0 Å². The first kappa shape index (κ1) is 25.3. The fraction of sp³-hybridized carbons (Fsp3) is 0.346. The Morgan fingerprint density at radius 3 is 2.44 bits per heavy atom. The minimum absolute atomic E-state index is 0.0361. The summed E-state index contributed by atoms with van der Waals surface area (Å²) in [6, 6.07) is 9.37. The second kappa shape index (κ2) is 10.4. The zero-order valence-corrected chi connectivity index (χ0v) is 19.5. The molecule has 0 atom stereocenters. The lowest BCUT2D eigenvalue weighted by Gasteiger charge is -2.20. The van der Waals surface area contributed by atoms with Crippen molar-refractivity contribution in [3.63, 3.8) is 0 Å². The van der Waals surface area contributed by atoms with E-state index in [2.05, 4.69) is 10.3 Å². The summed E-state index contributed by atoms with van der Waals surface area (Å²) in [4.78, 5) is 28.7. The third-order valence-electron chi connectivity index (χ3n) is 5.91. The molecule has 2 N–H and O–H groups in total. The molecule has 2 aliphatic rings. The Kier molecular flexibility index (Phi) is 7.32. The molecule has 0 radical (unpaired) electrons. The number of alkyl carbamates (subject to hydrolysis) is 1. The van der Waals surface area contributed by atoms with Crippen LogP contribution in [0.15, 0.2) is 47.0 Å². The summed E-state index contributed by atoms with van der Waals surface area (Å²) < 4.78 is 55.4. The molecule has 2 saturated carbocycles. The van der Waals surface area contributed by atoms with Crippen molar-refractivity contribution < 1.29 is 37.3 Å². The van der Waals surface area contributed by atoms with E-state index in [1.807, 2.05) is 0 Å². The van der Waals surface area contributed by atoms with Gasteiger partial charge in [-0.2, -0.15) is 0 Å². The van der Waals surface area contributed by atoms with Crippen LogP contribution in [0, 0.1) is 17.5 Å². The lowest BCUT2D eigenvalue weighted by molar-refractivity contribution is -0.137. The number of carbonyl (C=O) groups excluding carboxylic acids is 2. The quantitative estimate of drug-likeness (QED) is 0.164. The van der Waals surface area contributed by atoms with Gasteiger partial charge in [0.15, 0.2) is 11.6 Å². The summed E-state index contributed by atoms with van der Waals surface area (Å²) in [6.45, 7) is 1.44. The number of esters is 1. The molecule has 0 unspecified atom stereocenters. The molecule has 190 valence electrons. The molecule has 7 nitrogen and oxygen atoms in total. The maximum Gasteiger partial charge on any atom is 0.408 e. The van der Waals surface area contributed by atoms with Gasteiger partial charge in [0.1, 0.15) is 23.8 Å². The van der Waals surface area contributed by atoms with Crippen LogP contribution >= 0.6 is 0 Å². The van der Waals surface area contributed by atoms with E-state index in [1.165, 1.54) is 6.92 Å². The van der Waals surface area contributed by atoms with Crippen LogP contribution in [-0.4, -0.2) is 36.0 Å². The predicted molar refractivity (Wildman–Crippen MR) is 125 cm³/mol. The van der Waals surface area contributed by atoms with Gasteiger partial charge >= 0.3 is 12.1 Å². The fourth-order valence-electron chi connectivity index (χ4n) is 3.69. The standard InChI is InChI=1S/C26H25F3N2O5/c1-2-35-24(33)18(13-30-16-8-9-16)23(32)17-12-19(27)20(22(29)21(17)28)26(10-11-26)31-25(34)36-14-15-6-4-3-5-7-15/h3-7,12-13,16,32H,2,8-11,14H2,1H3,(H,31,34)/b23-18+,30-13?. The summed E-state index contributed by atoms with van der Waals surface area (Å²) in [5.74, 6) is -6.36. The van der Waals surface area contributed by atoms with Crippen molar-refractivity contribution in [2.75, 3.05) is 6.61 Å². The lowest BCUT2D eigenvalue weighted by atomic mass is 9.98. The van der Waals surface area contributed by atoms with Crippen molar-refractivity contribution >= 4 is 24.0 Å². The van der Waals surface area contributed by atoms with Gasteiger partial charge in [0.2, 0.25) is 0 Å². The molecule has 2 aliphatic carbocycles. The summed E-state index contributed by atoms with van der Waals surface area (Å²) in [5.41, 5.74) is -2.83. The number of benzene rings is 2. The molecule has 0 heterocycles. The molecule has 0 saturated heterocycles. The largest absolute Gasteiger partial charge is 0.506 e. The number of aliphatic imine (C=N–C) groups is 1. The summed E-state index contributed by atoms with van der Waals surface area (Å²) in [7, 11) is 0. The van der Waals surface area contributed by atoms with Crippen LogP contribution in [0.5, 0.6) is 0 Å². The first-order chi connectivity index (χ1) is 17.3. The van der Waals surface area contributed by atoms with Crippen LogP contribution in [0.1, 0.15) is 49.3 Å². The number of hydrogen-bond donors (Lipinski definition) is 2. The second-order valence-electron chi connectivity index (χ2n) is 8.67. The van der Waals surface area contributed by atoms with E-state index in [9.17, 15) is 14.7 Å². The van der Waals surface area contributed by atoms with Crippen LogP contribution in [-0.2, 0) is 26.4 Å². The van der Waals surface area contributed by atoms with E-state index in [0.29, 0.717) is 6.07 Å². The number of nitrogens with one attached hydrogen (secondary N) is 1. The third kappa shape index (κ3) is 5.53. The minimum Gasteiger partial charge on any atom is -0.506 e. The number of ether oxygens (including phenoxy) is 2. The molecule has 2 aromatic rings. The van der Waals surface area contributed by atoms with Gasteiger partial charge in [-0.3, -0.25) is 4.99 Å². The Morgan fingerprint density at radius 1 is 1.14 bits per heavy atom. The molecule has 10 heteroatoms.